The van der Waals surface area contributed by atoms with E-state index in [1.165, 1.54) is 0 Å². The lowest BCUT2D eigenvalue weighted by atomic mass is 9.89. The maximum absolute atomic E-state index is 9.89. The first kappa shape index (κ1) is 9.58. The van der Waals surface area contributed by atoms with Gasteiger partial charge in [0.1, 0.15) is 12.2 Å². The van der Waals surface area contributed by atoms with E-state index in [-0.39, 0.29) is 0 Å². The van der Waals surface area contributed by atoms with E-state index in [1.807, 2.05) is 42.5 Å². The van der Waals surface area contributed by atoms with Crippen molar-refractivity contribution in [2.75, 3.05) is 0 Å². The lowest BCUT2D eigenvalue weighted by molar-refractivity contribution is 0.0471. The van der Waals surface area contributed by atoms with Crippen LogP contribution in [-0.2, 0) is 0 Å². The van der Waals surface area contributed by atoms with Gasteiger partial charge in [-0.05, 0) is 21.9 Å². The van der Waals surface area contributed by atoms with Crippen LogP contribution in [0.4, 0.5) is 0 Å². The third-order valence-electron chi connectivity index (χ3n) is 3.11. The van der Waals surface area contributed by atoms with Crippen LogP contribution in [0.15, 0.2) is 42.5 Å². The van der Waals surface area contributed by atoms with Crippen LogP contribution in [0.25, 0.3) is 16.8 Å². The molecule has 2 atom stereocenters. The van der Waals surface area contributed by atoms with Gasteiger partial charge in [-0.25, -0.2) is 0 Å². The Bertz CT molecular complexity index is 572. The normalized spacial score (nSPS) is 23.4. The minimum absolute atomic E-state index is 0.798. The fraction of sp³-hybridized carbons (Fsp3) is 0.143. The Morgan fingerprint density at radius 3 is 2.62 bits per heavy atom. The van der Waals surface area contributed by atoms with E-state index in [2.05, 4.69) is 0 Å². The molecule has 2 heteroatoms. The van der Waals surface area contributed by atoms with Crippen molar-refractivity contribution in [2.24, 2.45) is 0 Å². The van der Waals surface area contributed by atoms with Crippen LogP contribution >= 0.6 is 0 Å². The van der Waals surface area contributed by atoms with Crippen LogP contribution in [0.5, 0.6) is 0 Å². The van der Waals surface area contributed by atoms with Gasteiger partial charge in [0.2, 0.25) is 0 Å². The zero-order valence-electron chi connectivity index (χ0n) is 8.67. The molecular weight excluding hydrogens is 200 g/mol. The number of hydrogen-bond donors (Lipinski definition) is 2. The zero-order valence-corrected chi connectivity index (χ0v) is 8.67. The Morgan fingerprint density at radius 1 is 0.938 bits per heavy atom. The summed E-state index contributed by atoms with van der Waals surface area (Å²) in [6.07, 6.45) is 1.91. The predicted octanol–water partition coefficient (Wildman–Crippen LogP) is 2.26. The Hall–Kier alpha value is -1.64. The average Bonchev–Trinajstić information content (AvgIpc) is 2.33. The number of aliphatic hydroxyl groups is 2. The minimum atomic E-state index is -0.815. The molecule has 16 heavy (non-hydrogen) atoms. The first-order chi connectivity index (χ1) is 7.77. The standard InChI is InChI=1S/C14H12O2/c15-13-8-7-11-10-4-2-1-3-9(10)5-6-12(11)14(13)16/h1-8,13-16H/t13-,14+/m0/s1. The molecule has 0 unspecified atom stereocenters. The van der Waals surface area contributed by atoms with Gasteiger partial charge in [-0.3, -0.25) is 0 Å². The van der Waals surface area contributed by atoms with Gasteiger partial charge >= 0.3 is 0 Å². The van der Waals surface area contributed by atoms with Gasteiger partial charge in [-0.15, -0.1) is 0 Å². The Morgan fingerprint density at radius 2 is 1.75 bits per heavy atom. The molecule has 2 N–H and O–H groups in total. The number of hydrogen-bond acceptors (Lipinski definition) is 2. The van der Waals surface area contributed by atoms with Gasteiger partial charge in [0, 0.05) is 0 Å². The van der Waals surface area contributed by atoms with Gasteiger partial charge in [0.15, 0.2) is 0 Å². The molecule has 2 aromatic rings. The second-order valence-electron chi connectivity index (χ2n) is 4.08. The van der Waals surface area contributed by atoms with Crippen LogP contribution in [0.1, 0.15) is 17.2 Å². The van der Waals surface area contributed by atoms with Crippen molar-refractivity contribution in [1.29, 1.82) is 0 Å². The summed E-state index contributed by atoms with van der Waals surface area (Å²) < 4.78 is 0. The molecule has 0 fully saturated rings. The summed E-state index contributed by atoms with van der Waals surface area (Å²) in [5, 5.41) is 21.7. The Balaban J connectivity index is 2.34. The van der Waals surface area contributed by atoms with E-state index in [1.54, 1.807) is 6.08 Å². The van der Waals surface area contributed by atoms with Crippen LogP contribution in [-0.4, -0.2) is 16.3 Å². The van der Waals surface area contributed by atoms with E-state index >= 15 is 0 Å². The molecule has 80 valence electrons. The third-order valence-corrected chi connectivity index (χ3v) is 3.11. The molecule has 0 aromatic heterocycles. The Labute approximate surface area is 93.5 Å². The Kier molecular flexibility index (Phi) is 2.06. The predicted molar refractivity (Wildman–Crippen MR) is 63.9 cm³/mol. The van der Waals surface area contributed by atoms with Crippen LogP contribution in [0, 0.1) is 0 Å². The first-order valence-corrected chi connectivity index (χ1v) is 5.33. The number of rotatable bonds is 0. The van der Waals surface area contributed by atoms with Gasteiger partial charge < -0.3 is 10.2 Å². The molecule has 0 aliphatic heterocycles. The molecule has 1 aliphatic carbocycles. The fourth-order valence-corrected chi connectivity index (χ4v) is 2.24. The molecule has 0 saturated carbocycles. The van der Waals surface area contributed by atoms with Crippen molar-refractivity contribution in [3.05, 3.63) is 53.6 Å². The number of benzene rings is 2. The summed E-state index contributed by atoms with van der Waals surface area (Å²) in [6, 6.07) is 11.9. The highest BCUT2D eigenvalue weighted by molar-refractivity contribution is 5.92. The summed E-state index contributed by atoms with van der Waals surface area (Å²) in [7, 11) is 0. The third kappa shape index (κ3) is 1.28. The quantitative estimate of drug-likeness (QED) is 0.703. The van der Waals surface area contributed by atoms with Crippen molar-refractivity contribution in [3.8, 4) is 0 Å². The topological polar surface area (TPSA) is 40.5 Å². The first-order valence-electron chi connectivity index (χ1n) is 5.33. The molecule has 0 amide bonds. The molecule has 0 radical (unpaired) electrons. The maximum Gasteiger partial charge on any atom is 0.109 e. The summed E-state index contributed by atoms with van der Waals surface area (Å²) >= 11 is 0. The van der Waals surface area contributed by atoms with Gasteiger partial charge in [-0.2, -0.15) is 0 Å². The molecular formula is C14H12O2. The fourth-order valence-electron chi connectivity index (χ4n) is 2.24. The van der Waals surface area contributed by atoms with Gasteiger partial charge in [-0.1, -0.05) is 48.6 Å². The summed E-state index contributed by atoms with van der Waals surface area (Å²) in [4.78, 5) is 0. The van der Waals surface area contributed by atoms with E-state index in [4.69, 9.17) is 0 Å². The zero-order chi connectivity index (χ0) is 11.1. The van der Waals surface area contributed by atoms with Gasteiger partial charge in [0.25, 0.3) is 0 Å². The number of aliphatic hydroxyl groups excluding tert-OH is 2. The largest absolute Gasteiger partial charge is 0.386 e. The highest BCUT2D eigenvalue weighted by Gasteiger charge is 2.22. The van der Waals surface area contributed by atoms with Gasteiger partial charge in [0.05, 0.1) is 0 Å². The number of fused-ring (bicyclic) bond motifs is 3. The summed E-state index contributed by atoms with van der Waals surface area (Å²) in [6.45, 7) is 0. The van der Waals surface area contributed by atoms with Crippen LogP contribution in [0.3, 0.4) is 0 Å². The SMILES string of the molecule is O[C@@H]1c2ccc3ccccc3c2C=C[C@@H]1O. The van der Waals surface area contributed by atoms with Crippen molar-refractivity contribution >= 4 is 16.8 Å². The van der Waals surface area contributed by atoms with Crippen molar-refractivity contribution in [1.82, 2.24) is 0 Å². The molecule has 0 heterocycles. The molecule has 2 aromatic carbocycles. The molecule has 0 bridgehead atoms. The summed E-state index contributed by atoms with van der Waals surface area (Å²) in [5.41, 5.74) is 1.81. The van der Waals surface area contributed by atoms with E-state index in [0.717, 1.165) is 21.9 Å². The van der Waals surface area contributed by atoms with Crippen molar-refractivity contribution < 1.29 is 10.2 Å². The second-order valence-corrected chi connectivity index (χ2v) is 4.08. The molecule has 0 spiro atoms. The van der Waals surface area contributed by atoms with Crippen LogP contribution in [0.2, 0.25) is 0 Å². The second kappa shape index (κ2) is 3.44. The average molecular weight is 212 g/mol. The van der Waals surface area contributed by atoms with Crippen molar-refractivity contribution in [3.63, 3.8) is 0 Å². The molecule has 2 nitrogen and oxygen atoms in total. The van der Waals surface area contributed by atoms with E-state index in [9.17, 15) is 10.2 Å². The molecule has 0 saturated heterocycles. The minimum Gasteiger partial charge on any atom is -0.386 e. The van der Waals surface area contributed by atoms with Crippen LogP contribution < -0.4 is 0 Å². The highest BCUT2D eigenvalue weighted by Crippen LogP contribution is 2.33. The van der Waals surface area contributed by atoms with E-state index in [0.29, 0.717) is 0 Å². The van der Waals surface area contributed by atoms with Crippen molar-refractivity contribution in [2.45, 2.75) is 12.2 Å². The maximum atomic E-state index is 9.89. The van der Waals surface area contributed by atoms with E-state index < -0.39 is 12.2 Å². The summed E-state index contributed by atoms with van der Waals surface area (Å²) in [5.74, 6) is 0. The highest BCUT2D eigenvalue weighted by atomic mass is 16.3. The monoisotopic (exact) mass is 212 g/mol. The lowest BCUT2D eigenvalue weighted by Gasteiger charge is -2.22. The molecule has 1 aliphatic rings. The lowest BCUT2D eigenvalue weighted by Crippen LogP contribution is -2.19. The molecule has 3 rings (SSSR count). The smallest absolute Gasteiger partial charge is 0.109 e.